The molecule has 2 aliphatic rings. The van der Waals surface area contributed by atoms with Crippen molar-refractivity contribution in [2.75, 3.05) is 0 Å². The van der Waals surface area contributed by atoms with Gasteiger partial charge in [0, 0.05) is 6.42 Å². The molecule has 0 spiro atoms. The Hall–Kier alpha value is -1.31. The zero-order valence-corrected chi connectivity index (χ0v) is 9.53. The standard InChI is InChI=1S/C14H16O2/c1-14-7-6-10-4-2-3-5-11(10)8-12(9-14)13(15)16-14/h2-5,12H,6-9H2,1H3/t12-,14+/m0/s1. The van der Waals surface area contributed by atoms with Crippen LogP contribution in [0.3, 0.4) is 0 Å². The fraction of sp³-hybridized carbons (Fsp3) is 0.500. The Labute approximate surface area is 95.6 Å². The molecular weight excluding hydrogens is 200 g/mol. The zero-order chi connectivity index (χ0) is 11.2. The van der Waals surface area contributed by atoms with Gasteiger partial charge in [0.15, 0.2) is 0 Å². The molecule has 84 valence electrons. The molecule has 0 amide bonds. The summed E-state index contributed by atoms with van der Waals surface area (Å²) >= 11 is 0. The van der Waals surface area contributed by atoms with E-state index in [-0.39, 0.29) is 17.5 Å². The van der Waals surface area contributed by atoms with E-state index in [9.17, 15) is 4.79 Å². The van der Waals surface area contributed by atoms with Crippen LogP contribution in [0, 0.1) is 5.92 Å². The highest BCUT2D eigenvalue weighted by atomic mass is 16.6. The van der Waals surface area contributed by atoms with Crippen LogP contribution in [0.25, 0.3) is 0 Å². The summed E-state index contributed by atoms with van der Waals surface area (Å²) in [5.74, 6) is 0.0747. The van der Waals surface area contributed by atoms with Crippen molar-refractivity contribution < 1.29 is 9.53 Å². The van der Waals surface area contributed by atoms with Crippen molar-refractivity contribution in [2.24, 2.45) is 5.92 Å². The van der Waals surface area contributed by atoms with E-state index in [4.69, 9.17) is 4.74 Å². The predicted molar refractivity (Wildman–Crippen MR) is 61.1 cm³/mol. The molecule has 0 N–H and O–H groups in total. The van der Waals surface area contributed by atoms with Crippen LogP contribution in [0.5, 0.6) is 0 Å². The highest BCUT2D eigenvalue weighted by molar-refractivity contribution is 5.76. The lowest BCUT2D eigenvalue weighted by atomic mass is 9.82. The van der Waals surface area contributed by atoms with Crippen LogP contribution >= 0.6 is 0 Å². The number of benzene rings is 1. The van der Waals surface area contributed by atoms with Gasteiger partial charge in [-0.2, -0.15) is 0 Å². The van der Waals surface area contributed by atoms with Gasteiger partial charge in [0.25, 0.3) is 0 Å². The average Bonchev–Trinajstić information content (AvgIpc) is 2.53. The fourth-order valence-corrected chi connectivity index (χ4v) is 2.95. The average molecular weight is 216 g/mol. The Morgan fingerprint density at radius 2 is 2.06 bits per heavy atom. The van der Waals surface area contributed by atoms with Crippen LogP contribution in [0.1, 0.15) is 30.9 Å². The summed E-state index contributed by atoms with van der Waals surface area (Å²) < 4.78 is 5.53. The molecule has 2 nitrogen and oxygen atoms in total. The number of fused-ring (bicyclic) bond motifs is 3. The third kappa shape index (κ3) is 1.53. The van der Waals surface area contributed by atoms with E-state index >= 15 is 0 Å². The van der Waals surface area contributed by atoms with Gasteiger partial charge in [0.1, 0.15) is 5.60 Å². The topological polar surface area (TPSA) is 26.3 Å². The van der Waals surface area contributed by atoms with Crippen molar-refractivity contribution in [1.29, 1.82) is 0 Å². The first-order valence-electron chi connectivity index (χ1n) is 5.96. The molecule has 16 heavy (non-hydrogen) atoms. The number of esters is 1. The van der Waals surface area contributed by atoms with Gasteiger partial charge in [0.05, 0.1) is 5.92 Å². The second-order valence-corrected chi connectivity index (χ2v) is 5.24. The maximum Gasteiger partial charge on any atom is 0.309 e. The molecule has 0 aromatic heterocycles. The first-order chi connectivity index (χ1) is 7.66. The minimum Gasteiger partial charge on any atom is -0.459 e. The summed E-state index contributed by atoms with van der Waals surface area (Å²) in [6.45, 7) is 2.07. The van der Waals surface area contributed by atoms with Gasteiger partial charge < -0.3 is 4.74 Å². The Morgan fingerprint density at radius 3 is 2.88 bits per heavy atom. The van der Waals surface area contributed by atoms with E-state index in [1.807, 2.05) is 0 Å². The fourth-order valence-electron chi connectivity index (χ4n) is 2.95. The van der Waals surface area contributed by atoms with Crippen molar-refractivity contribution in [1.82, 2.24) is 0 Å². The number of hydrogen-bond acceptors (Lipinski definition) is 2. The molecule has 0 radical (unpaired) electrons. The second-order valence-electron chi connectivity index (χ2n) is 5.24. The van der Waals surface area contributed by atoms with Gasteiger partial charge in [-0.05, 0) is 37.3 Å². The molecule has 2 atom stereocenters. The van der Waals surface area contributed by atoms with Gasteiger partial charge in [-0.3, -0.25) is 4.79 Å². The molecule has 1 aromatic carbocycles. The van der Waals surface area contributed by atoms with Gasteiger partial charge >= 0.3 is 5.97 Å². The number of rotatable bonds is 0. The lowest BCUT2D eigenvalue weighted by Gasteiger charge is -2.24. The molecule has 3 rings (SSSR count). The van der Waals surface area contributed by atoms with Crippen LogP contribution in [0.4, 0.5) is 0 Å². The lowest BCUT2D eigenvalue weighted by Crippen LogP contribution is -2.25. The quantitative estimate of drug-likeness (QED) is 0.623. The van der Waals surface area contributed by atoms with Crippen molar-refractivity contribution in [3.05, 3.63) is 35.4 Å². The highest BCUT2D eigenvalue weighted by Crippen LogP contribution is 2.39. The van der Waals surface area contributed by atoms with E-state index < -0.39 is 0 Å². The molecule has 2 heteroatoms. The van der Waals surface area contributed by atoms with E-state index in [1.54, 1.807) is 0 Å². The Balaban J connectivity index is 2.00. The predicted octanol–water partition coefficient (Wildman–Crippen LogP) is 2.50. The number of ether oxygens (including phenoxy) is 1. The number of hydrogen-bond donors (Lipinski definition) is 0. The monoisotopic (exact) mass is 216 g/mol. The van der Waals surface area contributed by atoms with Gasteiger partial charge in [-0.1, -0.05) is 24.3 Å². The summed E-state index contributed by atoms with van der Waals surface area (Å²) in [7, 11) is 0. The summed E-state index contributed by atoms with van der Waals surface area (Å²) in [5, 5.41) is 0. The third-order valence-electron chi connectivity index (χ3n) is 3.87. The minimum atomic E-state index is -0.213. The zero-order valence-electron chi connectivity index (χ0n) is 9.53. The highest BCUT2D eigenvalue weighted by Gasteiger charge is 2.44. The Bertz CT molecular complexity index is 438. The van der Waals surface area contributed by atoms with Gasteiger partial charge in [-0.15, -0.1) is 0 Å². The number of carbonyl (C=O) groups is 1. The molecule has 0 unspecified atom stereocenters. The molecular formula is C14H16O2. The van der Waals surface area contributed by atoms with Crippen LogP contribution in [-0.2, 0) is 22.4 Å². The minimum absolute atomic E-state index is 0.000738. The molecule has 1 aliphatic carbocycles. The van der Waals surface area contributed by atoms with Gasteiger partial charge in [-0.25, -0.2) is 0 Å². The first-order valence-corrected chi connectivity index (χ1v) is 5.96. The van der Waals surface area contributed by atoms with Crippen molar-refractivity contribution >= 4 is 5.97 Å². The van der Waals surface area contributed by atoms with E-state index in [0.717, 1.165) is 25.7 Å². The normalized spacial score (nSPS) is 32.6. The Kier molecular flexibility index (Phi) is 2.06. The number of aryl methyl sites for hydroxylation is 1. The molecule has 2 bridgehead atoms. The summed E-state index contributed by atoms with van der Waals surface area (Å²) in [6.07, 6.45) is 3.71. The van der Waals surface area contributed by atoms with E-state index in [2.05, 4.69) is 31.2 Å². The third-order valence-corrected chi connectivity index (χ3v) is 3.87. The summed E-state index contributed by atoms with van der Waals surface area (Å²) in [4.78, 5) is 11.8. The molecule has 1 heterocycles. The number of carbonyl (C=O) groups excluding carboxylic acids is 1. The molecule has 1 aromatic rings. The first kappa shape index (κ1) is 9.88. The van der Waals surface area contributed by atoms with Gasteiger partial charge in [0.2, 0.25) is 0 Å². The van der Waals surface area contributed by atoms with Crippen LogP contribution < -0.4 is 0 Å². The summed E-state index contributed by atoms with van der Waals surface area (Å²) in [6, 6.07) is 8.45. The lowest BCUT2D eigenvalue weighted by molar-refractivity contribution is -0.149. The smallest absolute Gasteiger partial charge is 0.309 e. The van der Waals surface area contributed by atoms with E-state index in [0.29, 0.717) is 0 Å². The Morgan fingerprint density at radius 1 is 1.31 bits per heavy atom. The molecule has 1 aliphatic heterocycles. The maximum atomic E-state index is 11.8. The van der Waals surface area contributed by atoms with Crippen molar-refractivity contribution in [3.8, 4) is 0 Å². The SMILES string of the molecule is C[C@@]12CCc3ccccc3C[C@@H](C1)C(=O)O2. The second kappa shape index (κ2) is 3.34. The molecule has 1 fully saturated rings. The largest absolute Gasteiger partial charge is 0.459 e. The van der Waals surface area contributed by atoms with Crippen molar-refractivity contribution in [3.63, 3.8) is 0 Å². The van der Waals surface area contributed by atoms with Crippen LogP contribution in [0.2, 0.25) is 0 Å². The van der Waals surface area contributed by atoms with Crippen molar-refractivity contribution in [2.45, 2.75) is 38.2 Å². The van der Waals surface area contributed by atoms with E-state index in [1.165, 1.54) is 11.1 Å². The summed E-state index contributed by atoms with van der Waals surface area (Å²) in [5.41, 5.74) is 2.50. The van der Waals surface area contributed by atoms with Crippen LogP contribution in [0.15, 0.2) is 24.3 Å². The van der Waals surface area contributed by atoms with Crippen LogP contribution in [-0.4, -0.2) is 11.6 Å². The molecule has 1 saturated heterocycles. The molecule has 0 saturated carbocycles. The maximum absolute atomic E-state index is 11.8.